The SMILES string of the molecule is CCCCCCCCCCCCCCCCCC(=O)N[C@@H](CCCN=C(N)N)C(=O)OCCCC. The third-order valence-electron chi connectivity index (χ3n) is 6.31. The van der Waals surface area contributed by atoms with Crippen LogP contribution in [0.1, 0.15) is 142 Å². The fourth-order valence-corrected chi connectivity index (χ4v) is 4.09. The summed E-state index contributed by atoms with van der Waals surface area (Å²) in [6.07, 6.45) is 22.7. The zero-order valence-electron chi connectivity index (χ0n) is 23.0. The van der Waals surface area contributed by atoms with Crippen molar-refractivity contribution in [3.05, 3.63) is 0 Å². The van der Waals surface area contributed by atoms with Crippen LogP contribution in [0.2, 0.25) is 0 Å². The largest absolute Gasteiger partial charge is 0.464 e. The van der Waals surface area contributed by atoms with E-state index in [1.54, 1.807) is 0 Å². The number of aliphatic imine (C=N–C) groups is 1. The van der Waals surface area contributed by atoms with Crippen LogP contribution in [-0.4, -0.2) is 37.0 Å². The number of unbranched alkanes of at least 4 members (excludes halogenated alkanes) is 15. The first-order valence-corrected chi connectivity index (χ1v) is 14.5. The zero-order valence-corrected chi connectivity index (χ0v) is 23.0. The van der Waals surface area contributed by atoms with Gasteiger partial charge in [0.1, 0.15) is 6.04 Å². The van der Waals surface area contributed by atoms with Crippen molar-refractivity contribution >= 4 is 17.8 Å². The highest BCUT2D eigenvalue weighted by atomic mass is 16.5. The highest BCUT2D eigenvalue weighted by Crippen LogP contribution is 2.14. The normalized spacial score (nSPS) is 11.7. The molecular weight excluding hydrogens is 440 g/mol. The van der Waals surface area contributed by atoms with Crippen LogP contribution in [0.5, 0.6) is 0 Å². The molecule has 5 N–H and O–H groups in total. The third kappa shape index (κ3) is 23.7. The summed E-state index contributed by atoms with van der Waals surface area (Å²) in [6, 6.07) is -0.634. The first kappa shape index (κ1) is 33.2. The summed E-state index contributed by atoms with van der Waals surface area (Å²) in [6.45, 7) is 5.12. The topological polar surface area (TPSA) is 120 Å². The van der Waals surface area contributed by atoms with Crippen LogP contribution in [0, 0.1) is 0 Å². The Hall–Kier alpha value is -1.79. The second kappa shape index (κ2) is 25.3. The molecule has 0 aliphatic rings. The Balaban J connectivity index is 3.85. The highest BCUT2D eigenvalue weighted by molar-refractivity contribution is 5.84. The summed E-state index contributed by atoms with van der Waals surface area (Å²) < 4.78 is 5.32. The van der Waals surface area contributed by atoms with Crippen molar-refractivity contribution < 1.29 is 14.3 Å². The summed E-state index contributed by atoms with van der Waals surface area (Å²) in [5.74, 6) is -0.420. The van der Waals surface area contributed by atoms with Crippen molar-refractivity contribution in [1.82, 2.24) is 5.32 Å². The molecule has 0 bridgehead atoms. The van der Waals surface area contributed by atoms with Crippen molar-refractivity contribution in [2.24, 2.45) is 16.5 Å². The monoisotopic (exact) mass is 496 g/mol. The predicted octanol–water partition coefficient (Wildman–Crippen LogP) is 6.13. The van der Waals surface area contributed by atoms with Gasteiger partial charge in [-0.2, -0.15) is 0 Å². The van der Waals surface area contributed by atoms with E-state index in [-0.39, 0.29) is 17.8 Å². The molecule has 0 aliphatic carbocycles. The average Bonchev–Trinajstić information content (AvgIpc) is 2.83. The van der Waals surface area contributed by atoms with Gasteiger partial charge in [0.05, 0.1) is 6.61 Å². The van der Waals surface area contributed by atoms with Gasteiger partial charge in [0, 0.05) is 13.0 Å². The number of hydrogen-bond donors (Lipinski definition) is 3. The van der Waals surface area contributed by atoms with Crippen LogP contribution in [0.3, 0.4) is 0 Å². The standard InChI is InChI=1S/C28H56N4O3/c1-3-5-7-8-9-10-11-12-13-14-15-16-17-18-19-22-26(33)32-25(21-20-23-31-28(29)30)27(34)35-24-6-4-2/h25H,3-24H2,1-2H3,(H,32,33)(H4,29,30,31)/t25-/m0/s1. The van der Waals surface area contributed by atoms with E-state index < -0.39 is 6.04 Å². The maximum absolute atomic E-state index is 12.4. The molecule has 0 heterocycles. The lowest BCUT2D eigenvalue weighted by Gasteiger charge is -2.17. The average molecular weight is 497 g/mol. The lowest BCUT2D eigenvalue weighted by atomic mass is 10.0. The van der Waals surface area contributed by atoms with Gasteiger partial charge in [-0.05, 0) is 25.7 Å². The Bertz CT molecular complexity index is 536. The van der Waals surface area contributed by atoms with E-state index in [1.165, 1.54) is 83.5 Å². The van der Waals surface area contributed by atoms with Gasteiger partial charge in [0.2, 0.25) is 5.91 Å². The second-order valence-corrected chi connectivity index (χ2v) is 9.79. The molecule has 0 spiro atoms. The molecule has 0 fully saturated rings. The van der Waals surface area contributed by atoms with E-state index >= 15 is 0 Å². The van der Waals surface area contributed by atoms with E-state index in [2.05, 4.69) is 17.2 Å². The molecule has 0 aliphatic heterocycles. The fraction of sp³-hybridized carbons (Fsp3) is 0.893. The van der Waals surface area contributed by atoms with E-state index in [0.717, 1.165) is 25.7 Å². The van der Waals surface area contributed by atoms with E-state index in [1.807, 2.05) is 6.92 Å². The lowest BCUT2D eigenvalue weighted by Crippen LogP contribution is -2.42. The zero-order chi connectivity index (χ0) is 26.0. The molecule has 7 nitrogen and oxygen atoms in total. The van der Waals surface area contributed by atoms with Crippen LogP contribution in [0.4, 0.5) is 0 Å². The van der Waals surface area contributed by atoms with Crippen molar-refractivity contribution in [1.29, 1.82) is 0 Å². The molecule has 0 aromatic rings. The maximum atomic E-state index is 12.4. The summed E-state index contributed by atoms with van der Waals surface area (Å²) in [7, 11) is 0. The summed E-state index contributed by atoms with van der Waals surface area (Å²) >= 11 is 0. The Kier molecular flexibility index (Phi) is 24.0. The number of nitrogens with two attached hydrogens (primary N) is 2. The Morgan fingerprint density at radius 1 is 0.714 bits per heavy atom. The van der Waals surface area contributed by atoms with Crippen molar-refractivity contribution in [2.75, 3.05) is 13.2 Å². The molecule has 0 unspecified atom stereocenters. The second-order valence-electron chi connectivity index (χ2n) is 9.79. The first-order valence-electron chi connectivity index (χ1n) is 14.5. The minimum absolute atomic E-state index is 0.0317. The number of esters is 1. The van der Waals surface area contributed by atoms with Gasteiger partial charge in [0.15, 0.2) is 5.96 Å². The van der Waals surface area contributed by atoms with E-state index in [9.17, 15) is 9.59 Å². The van der Waals surface area contributed by atoms with Crippen LogP contribution in [0.15, 0.2) is 4.99 Å². The van der Waals surface area contributed by atoms with Crippen LogP contribution in [0.25, 0.3) is 0 Å². The molecule has 0 aromatic heterocycles. The van der Waals surface area contributed by atoms with Gasteiger partial charge in [0.25, 0.3) is 0 Å². The van der Waals surface area contributed by atoms with Crippen molar-refractivity contribution in [3.8, 4) is 0 Å². The number of guanidine groups is 1. The number of nitrogens with zero attached hydrogens (tertiary/aromatic N) is 1. The molecule has 0 rings (SSSR count). The van der Waals surface area contributed by atoms with Crippen molar-refractivity contribution in [2.45, 2.75) is 148 Å². The number of carbonyl (C=O) groups is 2. The maximum Gasteiger partial charge on any atom is 0.328 e. The van der Waals surface area contributed by atoms with Gasteiger partial charge in [-0.15, -0.1) is 0 Å². The van der Waals surface area contributed by atoms with Gasteiger partial charge < -0.3 is 21.5 Å². The molecule has 35 heavy (non-hydrogen) atoms. The molecule has 0 saturated heterocycles. The Labute approximate surface area is 215 Å². The fourth-order valence-electron chi connectivity index (χ4n) is 4.09. The number of ether oxygens (including phenoxy) is 1. The molecule has 0 saturated carbocycles. The highest BCUT2D eigenvalue weighted by Gasteiger charge is 2.21. The molecule has 0 aromatic carbocycles. The number of nitrogens with one attached hydrogen (secondary N) is 1. The molecule has 7 heteroatoms. The molecular formula is C28H56N4O3. The lowest BCUT2D eigenvalue weighted by molar-refractivity contribution is -0.148. The summed E-state index contributed by atoms with van der Waals surface area (Å²) in [4.78, 5) is 28.7. The number of hydrogen-bond acceptors (Lipinski definition) is 4. The molecule has 1 amide bonds. The van der Waals surface area contributed by atoms with Crippen LogP contribution in [-0.2, 0) is 14.3 Å². The molecule has 1 atom stereocenters. The van der Waals surface area contributed by atoms with Gasteiger partial charge in [-0.25, -0.2) is 4.79 Å². The number of carbonyl (C=O) groups excluding carboxylic acids is 2. The van der Waals surface area contributed by atoms with E-state index in [0.29, 0.717) is 32.4 Å². The van der Waals surface area contributed by atoms with Gasteiger partial charge in [-0.3, -0.25) is 9.79 Å². The first-order chi connectivity index (χ1) is 17.0. The summed E-state index contributed by atoms with van der Waals surface area (Å²) in [5, 5.41) is 2.86. The van der Waals surface area contributed by atoms with Crippen LogP contribution < -0.4 is 16.8 Å². The minimum Gasteiger partial charge on any atom is -0.464 e. The Morgan fingerprint density at radius 2 is 1.20 bits per heavy atom. The quantitative estimate of drug-likeness (QED) is 0.0608. The smallest absolute Gasteiger partial charge is 0.328 e. The number of amides is 1. The third-order valence-corrected chi connectivity index (χ3v) is 6.31. The Morgan fingerprint density at radius 3 is 1.69 bits per heavy atom. The van der Waals surface area contributed by atoms with Gasteiger partial charge in [-0.1, -0.05) is 110 Å². The summed E-state index contributed by atoms with van der Waals surface area (Å²) in [5.41, 5.74) is 10.7. The van der Waals surface area contributed by atoms with E-state index in [4.69, 9.17) is 16.2 Å². The number of rotatable bonds is 25. The predicted molar refractivity (Wildman–Crippen MR) is 147 cm³/mol. The van der Waals surface area contributed by atoms with Crippen LogP contribution >= 0.6 is 0 Å². The van der Waals surface area contributed by atoms with Crippen molar-refractivity contribution in [3.63, 3.8) is 0 Å². The van der Waals surface area contributed by atoms with Gasteiger partial charge >= 0.3 is 5.97 Å². The molecule has 0 radical (unpaired) electrons. The minimum atomic E-state index is -0.634. The molecule has 206 valence electrons.